The van der Waals surface area contributed by atoms with E-state index >= 15 is 0 Å². The Balaban J connectivity index is 0.00000541. The second-order valence-corrected chi connectivity index (χ2v) is 15.2. The first kappa shape index (κ1) is 38.6. The van der Waals surface area contributed by atoms with Gasteiger partial charge in [-0.3, -0.25) is 14.4 Å². The molecule has 0 radical (unpaired) electrons. The SMILES string of the molecule is CN[C@@H](C)C(=O)N[C@H](C(=O)N1CCCC1C(=O)Nc1cc2c(NC3CCC(N4CCC(C)CC4)CC3)ncnc2cc1OC)C(C)(C)C.Cl. The Morgan fingerprint density at radius 2 is 1.67 bits per heavy atom. The molecule has 3 atom stereocenters. The van der Waals surface area contributed by atoms with Crippen molar-refractivity contribution in [2.45, 2.75) is 116 Å². The Hall–Kier alpha value is -3.22. The van der Waals surface area contributed by atoms with E-state index < -0.39 is 23.5 Å². The Kier molecular flexibility index (Phi) is 13.1. The Labute approximate surface area is 297 Å². The number of benzene rings is 1. The maximum absolute atomic E-state index is 13.9. The van der Waals surface area contributed by atoms with Gasteiger partial charge >= 0.3 is 0 Å². The van der Waals surface area contributed by atoms with Gasteiger partial charge in [0.25, 0.3) is 0 Å². The maximum Gasteiger partial charge on any atom is 0.247 e. The third-order valence-electron chi connectivity index (χ3n) is 10.7. The summed E-state index contributed by atoms with van der Waals surface area (Å²) in [6, 6.07) is 2.75. The van der Waals surface area contributed by atoms with Crippen LogP contribution in [0.25, 0.3) is 10.9 Å². The van der Waals surface area contributed by atoms with Crippen molar-refractivity contribution in [2.24, 2.45) is 11.3 Å². The molecule has 3 aliphatic rings. The van der Waals surface area contributed by atoms with Crippen LogP contribution in [0.4, 0.5) is 11.5 Å². The highest BCUT2D eigenvalue weighted by atomic mass is 35.5. The van der Waals surface area contributed by atoms with Crippen molar-refractivity contribution < 1.29 is 19.1 Å². The molecule has 49 heavy (non-hydrogen) atoms. The molecule has 2 aliphatic heterocycles. The van der Waals surface area contributed by atoms with Crippen molar-refractivity contribution >= 4 is 52.5 Å². The van der Waals surface area contributed by atoms with Gasteiger partial charge in [-0.05, 0) is 95.8 Å². The second-order valence-electron chi connectivity index (χ2n) is 15.2. The number of aromatic nitrogens is 2. The summed E-state index contributed by atoms with van der Waals surface area (Å²) < 4.78 is 5.68. The summed E-state index contributed by atoms with van der Waals surface area (Å²) >= 11 is 0. The van der Waals surface area contributed by atoms with Crippen LogP contribution in [0, 0.1) is 11.3 Å². The fourth-order valence-electron chi connectivity index (χ4n) is 7.37. The molecule has 1 saturated carbocycles. The van der Waals surface area contributed by atoms with Gasteiger partial charge in [0.2, 0.25) is 17.7 Å². The van der Waals surface area contributed by atoms with Crippen LogP contribution in [-0.2, 0) is 14.4 Å². The zero-order chi connectivity index (χ0) is 34.6. The monoisotopic (exact) mass is 700 g/mol. The van der Waals surface area contributed by atoms with Gasteiger partial charge in [-0.2, -0.15) is 0 Å². The average molecular weight is 701 g/mol. The van der Waals surface area contributed by atoms with E-state index in [1.54, 1.807) is 32.3 Å². The third kappa shape index (κ3) is 9.12. The predicted molar refractivity (Wildman–Crippen MR) is 196 cm³/mol. The summed E-state index contributed by atoms with van der Waals surface area (Å²) in [6.45, 7) is 12.7. The van der Waals surface area contributed by atoms with E-state index in [9.17, 15) is 14.4 Å². The van der Waals surface area contributed by atoms with Gasteiger partial charge in [0.15, 0.2) is 0 Å². The van der Waals surface area contributed by atoms with Crippen LogP contribution in [0.3, 0.4) is 0 Å². The molecular weight excluding hydrogens is 644 g/mol. The van der Waals surface area contributed by atoms with Gasteiger partial charge in [0.1, 0.15) is 30.0 Å². The number of likely N-dealkylation sites (N-methyl/N-ethyl adjacent to an activating group) is 1. The highest BCUT2D eigenvalue weighted by Crippen LogP contribution is 2.35. The molecule has 12 nitrogen and oxygen atoms in total. The topological polar surface area (TPSA) is 141 Å². The zero-order valence-electron chi connectivity index (χ0n) is 30.3. The Morgan fingerprint density at radius 3 is 2.31 bits per heavy atom. The van der Waals surface area contributed by atoms with Gasteiger partial charge in [-0.25, -0.2) is 9.97 Å². The minimum absolute atomic E-state index is 0. The van der Waals surface area contributed by atoms with Crippen LogP contribution in [0.1, 0.15) is 86.0 Å². The molecule has 5 rings (SSSR count). The highest BCUT2D eigenvalue weighted by molar-refractivity contribution is 6.03. The number of nitrogens with zero attached hydrogens (tertiary/aromatic N) is 4. The van der Waals surface area contributed by atoms with E-state index in [0.29, 0.717) is 42.9 Å². The van der Waals surface area contributed by atoms with Gasteiger partial charge < -0.3 is 35.8 Å². The molecule has 1 unspecified atom stereocenters. The van der Waals surface area contributed by atoms with E-state index in [4.69, 9.17) is 4.74 Å². The molecule has 2 aromatic rings. The van der Waals surface area contributed by atoms with E-state index in [1.165, 1.54) is 38.8 Å². The first-order chi connectivity index (χ1) is 22.9. The first-order valence-electron chi connectivity index (χ1n) is 17.8. The summed E-state index contributed by atoms with van der Waals surface area (Å²) in [5, 5.41) is 13.4. The standard InChI is InChI=1S/C36H56N8O4.ClH/c1-22-14-17-43(18-15-22)25-12-10-24(11-13-25)40-32-26-19-28(30(48-7)20-27(26)38-21-39-32)41-34(46)29-9-8-16-44(29)35(47)31(36(3,4)5)42-33(45)23(2)37-6;/h19-25,29,31,37H,8-18H2,1-7H3,(H,41,46)(H,42,45)(H,38,39,40);1H/t23-,24?,25?,29?,31+;/m0./s1. The summed E-state index contributed by atoms with van der Waals surface area (Å²) in [7, 11) is 3.26. The number of likely N-dealkylation sites (tertiary alicyclic amines) is 2. The molecule has 3 amide bonds. The molecule has 1 aliphatic carbocycles. The number of nitrogens with one attached hydrogen (secondary N) is 4. The fourth-order valence-corrected chi connectivity index (χ4v) is 7.37. The number of rotatable bonds is 10. The van der Waals surface area contributed by atoms with Crippen LogP contribution in [0.2, 0.25) is 0 Å². The Morgan fingerprint density at radius 1 is 0.980 bits per heavy atom. The van der Waals surface area contributed by atoms with Crippen molar-refractivity contribution in [1.82, 2.24) is 30.4 Å². The normalized spacial score (nSPS) is 23.3. The highest BCUT2D eigenvalue weighted by Gasteiger charge is 2.42. The molecule has 0 spiro atoms. The number of fused-ring (bicyclic) bond motifs is 1. The summed E-state index contributed by atoms with van der Waals surface area (Å²) in [5.74, 6) is 1.25. The molecular formula is C36H57ClN8O4. The lowest BCUT2D eigenvalue weighted by Gasteiger charge is -2.40. The van der Waals surface area contributed by atoms with Crippen LogP contribution in [0.15, 0.2) is 18.5 Å². The third-order valence-corrected chi connectivity index (χ3v) is 10.7. The number of carbonyl (C=O) groups is 3. The van der Waals surface area contributed by atoms with Crippen LogP contribution in [-0.4, -0.2) is 101 Å². The van der Waals surface area contributed by atoms with E-state index in [-0.39, 0.29) is 30.1 Å². The Bertz CT molecular complexity index is 1450. The lowest BCUT2D eigenvalue weighted by molar-refractivity contribution is -0.143. The lowest BCUT2D eigenvalue weighted by Crippen LogP contribution is -2.59. The summed E-state index contributed by atoms with van der Waals surface area (Å²) in [6.07, 6.45) is 9.90. The summed E-state index contributed by atoms with van der Waals surface area (Å²) in [5.41, 5.74) is 0.662. The fraction of sp³-hybridized carbons (Fsp3) is 0.694. The molecule has 0 bridgehead atoms. The number of methoxy groups -OCH3 is 1. The van der Waals surface area contributed by atoms with Crippen molar-refractivity contribution in [2.75, 3.05) is 44.4 Å². The maximum atomic E-state index is 13.9. The quantitative estimate of drug-likeness (QED) is 0.280. The van der Waals surface area contributed by atoms with E-state index in [0.717, 1.165) is 35.5 Å². The first-order valence-corrected chi connectivity index (χ1v) is 17.8. The van der Waals surface area contributed by atoms with Crippen molar-refractivity contribution in [3.63, 3.8) is 0 Å². The van der Waals surface area contributed by atoms with Crippen LogP contribution < -0.4 is 26.0 Å². The number of halogens is 1. The average Bonchev–Trinajstić information content (AvgIpc) is 3.57. The van der Waals surface area contributed by atoms with Crippen LogP contribution in [0.5, 0.6) is 5.75 Å². The smallest absolute Gasteiger partial charge is 0.247 e. The second kappa shape index (κ2) is 16.7. The van der Waals surface area contributed by atoms with Gasteiger partial charge in [0, 0.05) is 30.1 Å². The minimum Gasteiger partial charge on any atom is -0.494 e. The van der Waals surface area contributed by atoms with Gasteiger partial charge in [0.05, 0.1) is 24.4 Å². The number of carbonyl (C=O) groups excluding carboxylic acids is 3. The zero-order valence-corrected chi connectivity index (χ0v) is 31.1. The number of hydrogen-bond acceptors (Lipinski definition) is 9. The number of piperidine rings is 1. The minimum atomic E-state index is -0.784. The molecule has 1 aromatic carbocycles. The van der Waals surface area contributed by atoms with Crippen molar-refractivity contribution in [1.29, 1.82) is 0 Å². The molecule has 1 aromatic heterocycles. The summed E-state index contributed by atoms with van der Waals surface area (Å²) in [4.78, 5) is 54.0. The molecule has 13 heteroatoms. The van der Waals surface area contributed by atoms with Crippen molar-refractivity contribution in [3.8, 4) is 5.75 Å². The largest absolute Gasteiger partial charge is 0.494 e. The molecule has 2 saturated heterocycles. The molecule has 4 N–H and O–H groups in total. The molecule has 3 fully saturated rings. The number of hydrogen-bond donors (Lipinski definition) is 4. The van der Waals surface area contributed by atoms with Crippen molar-refractivity contribution in [3.05, 3.63) is 18.5 Å². The lowest BCUT2D eigenvalue weighted by atomic mass is 9.85. The number of ether oxygens (including phenoxy) is 1. The predicted octanol–water partition coefficient (Wildman–Crippen LogP) is 4.58. The number of anilines is 2. The van der Waals surface area contributed by atoms with E-state index in [2.05, 4.69) is 43.1 Å². The molecule has 3 heterocycles. The van der Waals surface area contributed by atoms with Crippen LogP contribution >= 0.6 is 12.4 Å². The van der Waals surface area contributed by atoms with Gasteiger partial charge in [-0.1, -0.05) is 27.7 Å². The van der Waals surface area contributed by atoms with Gasteiger partial charge in [-0.15, -0.1) is 12.4 Å². The molecule has 272 valence electrons. The van der Waals surface area contributed by atoms with E-state index in [1.807, 2.05) is 32.9 Å². The number of amides is 3.